The predicted molar refractivity (Wildman–Crippen MR) is 84.4 cm³/mol. The van der Waals surface area contributed by atoms with Crippen LogP contribution in [-0.4, -0.2) is 13.2 Å². The Morgan fingerprint density at radius 3 is 1.30 bits per heavy atom. The van der Waals surface area contributed by atoms with Gasteiger partial charge in [-0.3, -0.25) is 0 Å². The van der Waals surface area contributed by atoms with Crippen molar-refractivity contribution >= 4 is 0 Å². The second-order valence-corrected chi connectivity index (χ2v) is 4.03. The summed E-state index contributed by atoms with van der Waals surface area (Å²) in [7, 11) is 0. The van der Waals surface area contributed by atoms with Crippen molar-refractivity contribution in [2.75, 3.05) is 13.2 Å². The average molecular weight is 270 g/mol. The monoisotopic (exact) mass is 270 g/mol. The number of rotatable bonds is 7. The minimum absolute atomic E-state index is 0.738. The Bertz CT molecular complexity index is 396. The van der Waals surface area contributed by atoms with E-state index >= 15 is 0 Å². The van der Waals surface area contributed by atoms with Crippen molar-refractivity contribution in [3.63, 3.8) is 0 Å². The number of unbranched alkanes of at least 4 members (excludes halogenated alkanes) is 1. The van der Waals surface area contributed by atoms with Crippen LogP contribution in [0.4, 0.5) is 0 Å². The Hall–Kier alpha value is -2.22. The van der Waals surface area contributed by atoms with Gasteiger partial charge in [-0.1, -0.05) is 36.4 Å². The van der Waals surface area contributed by atoms with Gasteiger partial charge in [-0.15, -0.1) is 13.2 Å². The predicted octanol–water partition coefficient (Wildman–Crippen LogP) is 4.73. The lowest BCUT2D eigenvalue weighted by molar-refractivity contribution is 0.266. The number of hydrogen-bond donors (Lipinski definition) is 0. The van der Waals surface area contributed by atoms with Crippen molar-refractivity contribution < 1.29 is 9.47 Å². The molecule has 0 aliphatic heterocycles. The summed E-state index contributed by atoms with van der Waals surface area (Å²) in [5.41, 5.74) is 0. The molecule has 0 aliphatic carbocycles. The Morgan fingerprint density at radius 1 is 0.600 bits per heavy atom. The van der Waals surface area contributed by atoms with Crippen molar-refractivity contribution in [2.24, 2.45) is 0 Å². The van der Waals surface area contributed by atoms with Crippen molar-refractivity contribution in [3.8, 4) is 11.5 Å². The van der Waals surface area contributed by atoms with E-state index in [0.29, 0.717) is 0 Å². The van der Waals surface area contributed by atoms with E-state index in [1.165, 1.54) is 0 Å². The van der Waals surface area contributed by atoms with Gasteiger partial charge in [0.1, 0.15) is 11.5 Å². The summed E-state index contributed by atoms with van der Waals surface area (Å²) in [5.74, 6) is 1.86. The molecule has 2 aromatic carbocycles. The Balaban J connectivity index is 0.000000956. The summed E-state index contributed by atoms with van der Waals surface area (Å²) in [5, 5.41) is 0. The first-order chi connectivity index (χ1) is 9.95. The molecule has 0 fully saturated rings. The molecule has 2 heteroatoms. The molecule has 0 heterocycles. The van der Waals surface area contributed by atoms with E-state index in [1.807, 2.05) is 60.7 Å². The molecule has 106 valence electrons. The minimum atomic E-state index is 0.738. The van der Waals surface area contributed by atoms with E-state index in [4.69, 9.17) is 9.47 Å². The first-order valence-corrected chi connectivity index (χ1v) is 6.81. The van der Waals surface area contributed by atoms with Gasteiger partial charge in [-0.2, -0.15) is 0 Å². The molecule has 0 aliphatic rings. The van der Waals surface area contributed by atoms with Crippen molar-refractivity contribution in [3.05, 3.63) is 73.8 Å². The molecule has 0 aromatic heterocycles. The summed E-state index contributed by atoms with van der Waals surface area (Å²) >= 11 is 0. The second kappa shape index (κ2) is 10.7. The maximum absolute atomic E-state index is 5.60. The van der Waals surface area contributed by atoms with E-state index < -0.39 is 0 Å². The Morgan fingerprint density at radius 2 is 0.950 bits per heavy atom. The normalized spacial score (nSPS) is 9.20. The molecule has 0 saturated heterocycles. The van der Waals surface area contributed by atoms with Crippen LogP contribution in [0.3, 0.4) is 0 Å². The molecule has 0 amide bonds. The lowest BCUT2D eigenvalue weighted by Gasteiger charge is -2.07. The summed E-state index contributed by atoms with van der Waals surface area (Å²) < 4.78 is 11.2. The summed E-state index contributed by atoms with van der Waals surface area (Å²) in [6.07, 6.45) is 2.00. The SMILES string of the molecule is C=C.c1ccc(OCCCCOc2ccccc2)cc1. The highest BCUT2D eigenvalue weighted by Gasteiger charge is 1.94. The van der Waals surface area contributed by atoms with Gasteiger partial charge in [0.15, 0.2) is 0 Å². The molecule has 20 heavy (non-hydrogen) atoms. The van der Waals surface area contributed by atoms with Gasteiger partial charge in [0.05, 0.1) is 13.2 Å². The van der Waals surface area contributed by atoms with E-state index in [1.54, 1.807) is 0 Å². The lowest BCUT2D eigenvalue weighted by atomic mass is 10.3. The smallest absolute Gasteiger partial charge is 0.119 e. The fraction of sp³-hybridized carbons (Fsp3) is 0.222. The summed E-state index contributed by atoms with van der Waals surface area (Å²) in [6, 6.07) is 19.8. The fourth-order valence-electron chi connectivity index (χ4n) is 1.62. The highest BCUT2D eigenvalue weighted by Crippen LogP contribution is 2.10. The van der Waals surface area contributed by atoms with Crippen molar-refractivity contribution in [1.82, 2.24) is 0 Å². The first kappa shape index (κ1) is 15.8. The molecule has 0 N–H and O–H groups in total. The zero-order chi connectivity index (χ0) is 14.5. The van der Waals surface area contributed by atoms with E-state index in [2.05, 4.69) is 13.2 Å². The van der Waals surface area contributed by atoms with Crippen molar-refractivity contribution in [2.45, 2.75) is 12.8 Å². The van der Waals surface area contributed by atoms with Gasteiger partial charge in [0.2, 0.25) is 0 Å². The maximum atomic E-state index is 5.60. The van der Waals surface area contributed by atoms with E-state index in [0.717, 1.165) is 37.6 Å². The zero-order valence-corrected chi connectivity index (χ0v) is 11.8. The third kappa shape index (κ3) is 6.64. The van der Waals surface area contributed by atoms with Crippen molar-refractivity contribution in [1.29, 1.82) is 0 Å². The lowest BCUT2D eigenvalue weighted by Crippen LogP contribution is -2.02. The first-order valence-electron chi connectivity index (χ1n) is 6.81. The number of ether oxygens (including phenoxy) is 2. The molecule has 0 atom stereocenters. The van der Waals surface area contributed by atoms with Crippen LogP contribution in [0.2, 0.25) is 0 Å². The largest absolute Gasteiger partial charge is 0.494 e. The minimum Gasteiger partial charge on any atom is -0.494 e. The highest BCUT2D eigenvalue weighted by atomic mass is 16.5. The van der Waals surface area contributed by atoms with Gasteiger partial charge in [0, 0.05) is 0 Å². The third-order valence-electron chi connectivity index (χ3n) is 2.56. The van der Waals surface area contributed by atoms with Gasteiger partial charge < -0.3 is 9.47 Å². The third-order valence-corrected chi connectivity index (χ3v) is 2.56. The molecular formula is C18H22O2. The highest BCUT2D eigenvalue weighted by molar-refractivity contribution is 5.21. The van der Waals surface area contributed by atoms with E-state index in [9.17, 15) is 0 Å². The van der Waals surface area contributed by atoms with Gasteiger partial charge >= 0.3 is 0 Å². The molecule has 0 saturated carbocycles. The van der Waals surface area contributed by atoms with Gasteiger partial charge in [-0.25, -0.2) is 0 Å². The van der Waals surface area contributed by atoms with Crippen LogP contribution >= 0.6 is 0 Å². The van der Waals surface area contributed by atoms with Crippen LogP contribution in [0.5, 0.6) is 11.5 Å². The summed E-state index contributed by atoms with van der Waals surface area (Å²) in [4.78, 5) is 0. The van der Waals surface area contributed by atoms with Crippen LogP contribution in [0.25, 0.3) is 0 Å². The molecule has 0 radical (unpaired) electrons. The van der Waals surface area contributed by atoms with Crippen LogP contribution < -0.4 is 9.47 Å². The molecular weight excluding hydrogens is 248 g/mol. The van der Waals surface area contributed by atoms with Crippen LogP contribution in [-0.2, 0) is 0 Å². The fourth-order valence-corrected chi connectivity index (χ4v) is 1.62. The maximum Gasteiger partial charge on any atom is 0.119 e. The van der Waals surface area contributed by atoms with Gasteiger partial charge in [0.25, 0.3) is 0 Å². The number of hydrogen-bond acceptors (Lipinski definition) is 2. The zero-order valence-electron chi connectivity index (χ0n) is 11.8. The number of para-hydroxylation sites is 2. The second-order valence-electron chi connectivity index (χ2n) is 4.03. The average Bonchev–Trinajstić information content (AvgIpc) is 2.55. The number of benzene rings is 2. The van der Waals surface area contributed by atoms with Crippen LogP contribution in [0, 0.1) is 0 Å². The molecule has 0 bridgehead atoms. The van der Waals surface area contributed by atoms with Crippen LogP contribution in [0.1, 0.15) is 12.8 Å². The Labute approximate surface area is 121 Å². The van der Waals surface area contributed by atoms with Gasteiger partial charge in [-0.05, 0) is 37.1 Å². The molecule has 2 rings (SSSR count). The molecule has 0 unspecified atom stereocenters. The quantitative estimate of drug-likeness (QED) is 0.535. The topological polar surface area (TPSA) is 18.5 Å². The Kier molecular flexibility index (Phi) is 8.46. The van der Waals surface area contributed by atoms with Crippen LogP contribution in [0.15, 0.2) is 73.8 Å². The molecule has 0 spiro atoms. The standard InChI is InChI=1S/C16H18O2.C2H4/c1-3-9-15(10-4-1)17-13-7-8-14-18-16-11-5-2-6-12-16;1-2/h1-6,9-12H,7-8,13-14H2;1-2H2. The summed E-state index contributed by atoms with van der Waals surface area (Å²) in [6.45, 7) is 7.48. The molecule has 2 nitrogen and oxygen atoms in total. The van der Waals surface area contributed by atoms with E-state index in [-0.39, 0.29) is 0 Å². The molecule has 2 aromatic rings.